The summed E-state index contributed by atoms with van der Waals surface area (Å²) in [5.41, 5.74) is 0. The molecule has 8 nitrogen and oxygen atoms in total. The minimum Gasteiger partial charge on any atom is -0.338 e. The van der Waals surface area contributed by atoms with Crippen LogP contribution in [0.3, 0.4) is 0 Å². The molecule has 0 saturated carbocycles. The molecule has 0 aliphatic carbocycles. The van der Waals surface area contributed by atoms with E-state index in [4.69, 9.17) is 0 Å². The van der Waals surface area contributed by atoms with Gasteiger partial charge in [-0.25, -0.2) is 9.78 Å². The molecular weight excluding hydrogens is 308 g/mol. The fourth-order valence-electron chi connectivity index (χ4n) is 3.71. The van der Waals surface area contributed by atoms with E-state index >= 15 is 0 Å². The molecule has 0 spiro atoms. The van der Waals surface area contributed by atoms with Crippen LogP contribution < -0.4 is 0 Å². The molecule has 2 bridgehead atoms. The Morgan fingerprint density at radius 1 is 1.21 bits per heavy atom. The summed E-state index contributed by atoms with van der Waals surface area (Å²) < 4.78 is 1.75. The molecule has 132 valence electrons. The van der Waals surface area contributed by atoms with E-state index in [1.807, 2.05) is 9.80 Å². The number of amides is 3. The van der Waals surface area contributed by atoms with E-state index in [-0.39, 0.29) is 18.0 Å². The molecule has 3 aliphatic rings. The van der Waals surface area contributed by atoms with E-state index < -0.39 is 0 Å². The van der Waals surface area contributed by atoms with E-state index in [0.717, 1.165) is 32.4 Å². The van der Waals surface area contributed by atoms with Crippen molar-refractivity contribution in [1.82, 2.24) is 29.5 Å². The highest BCUT2D eigenvalue weighted by molar-refractivity contribution is 5.77. The minimum atomic E-state index is 0.0485. The molecule has 3 fully saturated rings. The molecule has 24 heavy (non-hydrogen) atoms. The second-order valence-corrected chi connectivity index (χ2v) is 6.99. The van der Waals surface area contributed by atoms with E-state index in [2.05, 4.69) is 10.1 Å². The number of hydrogen-bond donors (Lipinski definition) is 0. The number of carbonyl (C=O) groups is 2. The highest BCUT2D eigenvalue weighted by Gasteiger charge is 2.38. The van der Waals surface area contributed by atoms with Crippen molar-refractivity contribution in [2.75, 3.05) is 33.7 Å². The molecule has 8 heteroatoms. The van der Waals surface area contributed by atoms with Crippen LogP contribution in [0, 0.1) is 5.92 Å². The summed E-state index contributed by atoms with van der Waals surface area (Å²) in [6.07, 6.45) is 6.55. The van der Waals surface area contributed by atoms with Crippen LogP contribution in [0.5, 0.6) is 0 Å². The third-order valence-corrected chi connectivity index (χ3v) is 4.93. The minimum absolute atomic E-state index is 0.0485. The first kappa shape index (κ1) is 16.7. The molecule has 4 rings (SSSR count). The number of urea groups is 1. The maximum absolute atomic E-state index is 12.6. The van der Waals surface area contributed by atoms with Crippen molar-refractivity contribution in [3.63, 3.8) is 0 Å². The average molecular weight is 334 g/mol. The predicted molar refractivity (Wildman–Crippen MR) is 88.1 cm³/mol. The van der Waals surface area contributed by atoms with Crippen LogP contribution in [-0.4, -0.2) is 81.2 Å². The standard InChI is InChI=1S/C16H26N6O2/c1-19(2)16(24)20-8-13-5-6-14(10-20)22(9-13)15(23)4-3-7-21-12-17-11-18-21/h11-14H,3-10H2,1-2H3/t13-,14+/m1/s1. The number of rotatable bonds is 4. The van der Waals surface area contributed by atoms with Crippen molar-refractivity contribution >= 4 is 11.9 Å². The lowest BCUT2D eigenvalue weighted by Gasteiger charge is -2.36. The summed E-state index contributed by atoms with van der Waals surface area (Å²) in [6, 6.07) is 0.207. The van der Waals surface area contributed by atoms with Gasteiger partial charge in [-0.3, -0.25) is 9.48 Å². The predicted octanol–water partition coefficient (Wildman–Crippen LogP) is 0.663. The molecule has 0 radical (unpaired) electrons. The number of piperidine rings is 1. The smallest absolute Gasteiger partial charge is 0.319 e. The van der Waals surface area contributed by atoms with E-state index in [1.165, 1.54) is 6.33 Å². The first-order chi connectivity index (χ1) is 11.5. The molecular formula is C16H26N6O2. The van der Waals surface area contributed by atoms with Gasteiger partial charge >= 0.3 is 6.03 Å². The topological polar surface area (TPSA) is 74.6 Å². The van der Waals surface area contributed by atoms with Gasteiger partial charge in [0.25, 0.3) is 0 Å². The SMILES string of the molecule is CN(C)C(=O)N1C[C@H]2CC[C@@H](C1)N(C(=O)CCCn1cncn1)C2. The Labute approximate surface area is 142 Å². The van der Waals surface area contributed by atoms with Crippen molar-refractivity contribution < 1.29 is 9.59 Å². The fraction of sp³-hybridized carbons (Fsp3) is 0.750. The van der Waals surface area contributed by atoms with E-state index in [0.29, 0.717) is 25.4 Å². The first-order valence-corrected chi connectivity index (χ1v) is 8.62. The molecule has 3 amide bonds. The molecule has 3 aliphatic heterocycles. The summed E-state index contributed by atoms with van der Waals surface area (Å²) in [5, 5.41) is 4.06. The summed E-state index contributed by atoms with van der Waals surface area (Å²) in [7, 11) is 3.56. The van der Waals surface area contributed by atoms with Gasteiger partial charge in [0.1, 0.15) is 12.7 Å². The Balaban J connectivity index is 1.56. The summed E-state index contributed by atoms with van der Waals surface area (Å²) >= 11 is 0. The van der Waals surface area contributed by atoms with Gasteiger partial charge in [0.15, 0.2) is 0 Å². The van der Waals surface area contributed by atoms with Crippen molar-refractivity contribution in [1.29, 1.82) is 0 Å². The Bertz CT molecular complexity index is 573. The quantitative estimate of drug-likeness (QED) is 0.811. The number of carbonyl (C=O) groups excluding carboxylic acids is 2. The lowest BCUT2D eigenvalue weighted by atomic mass is 9.94. The maximum atomic E-state index is 12.6. The van der Waals surface area contributed by atoms with Gasteiger partial charge in [0.05, 0.1) is 0 Å². The largest absolute Gasteiger partial charge is 0.338 e. The van der Waals surface area contributed by atoms with Gasteiger partial charge in [-0.15, -0.1) is 0 Å². The normalized spacial score (nSPS) is 23.2. The number of aromatic nitrogens is 3. The first-order valence-electron chi connectivity index (χ1n) is 8.62. The third kappa shape index (κ3) is 3.68. The second kappa shape index (κ2) is 7.19. The zero-order valence-electron chi connectivity index (χ0n) is 14.5. The molecule has 1 aromatic heterocycles. The van der Waals surface area contributed by atoms with Crippen molar-refractivity contribution in [2.45, 2.75) is 38.3 Å². The van der Waals surface area contributed by atoms with E-state index in [9.17, 15) is 9.59 Å². The summed E-state index contributed by atoms with van der Waals surface area (Å²) in [5.74, 6) is 0.593. The van der Waals surface area contributed by atoms with Gasteiger partial charge in [-0.05, 0) is 25.2 Å². The Morgan fingerprint density at radius 3 is 2.75 bits per heavy atom. The van der Waals surface area contributed by atoms with Crippen LogP contribution in [0.1, 0.15) is 25.7 Å². The second-order valence-electron chi connectivity index (χ2n) is 6.99. The van der Waals surface area contributed by atoms with Crippen molar-refractivity contribution in [3.8, 4) is 0 Å². The summed E-state index contributed by atoms with van der Waals surface area (Å²) in [6.45, 7) is 2.90. The molecule has 4 heterocycles. The van der Waals surface area contributed by atoms with Gasteiger partial charge < -0.3 is 14.7 Å². The third-order valence-electron chi connectivity index (χ3n) is 4.93. The number of hydrogen-bond acceptors (Lipinski definition) is 4. The van der Waals surface area contributed by atoms with Crippen LogP contribution in [0.15, 0.2) is 12.7 Å². The van der Waals surface area contributed by atoms with Crippen LogP contribution >= 0.6 is 0 Å². The highest BCUT2D eigenvalue weighted by Crippen LogP contribution is 2.29. The van der Waals surface area contributed by atoms with Gasteiger partial charge in [0, 0.05) is 52.7 Å². The molecule has 0 aromatic carbocycles. The molecule has 3 saturated heterocycles. The molecule has 0 unspecified atom stereocenters. The lowest BCUT2D eigenvalue weighted by molar-refractivity contribution is -0.135. The van der Waals surface area contributed by atoms with Crippen LogP contribution in [0.25, 0.3) is 0 Å². The monoisotopic (exact) mass is 334 g/mol. The Hall–Kier alpha value is -2.12. The number of fused-ring (bicyclic) bond motifs is 4. The highest BCUT2D eigenvalue weighted by atomic mass is 16.2. The maximum Gasteiger partial charge on any atom is 0.319 e. The van der Waals surface area contributed by atoms with Crippen LogP contribution in [0.4, 0.5) is 4.79 Å². The zero-order chi connectivity index (χ0) is 17.1. The lowest BCUT2D eigenvalue weighted by Crippen LogP contribution is -2.48. The van der Waals surface area contributed by atoms with Gasteiger partial charge in [-0.1, -0.05) is 0 Å². The average Bonchev–Trinajstić information content (AvgIpc) is 2.91. The number of nitrogens with zero attached hydrogens (tertiary/aromatic N) is 6. The van der Waals surface area contributed by atoms with Gasteiger partial charge in [0.2, 0.25) is 5.91 Å². The summed E-state index contributed by atoms with van der Waals surface area (Å²) in [4.78, 5) is 34.4. The van der Waals surface area contributed by atoms with Crippen LogP contribution in [-0.2, 0) is 11.3 Å². The van der Waals surface area contributed by atoms with E-state index in [1.54, 1.807) is 30.0 Å². The zero-order valence-corrected chi connectivity index (χ0v) is 14.5. The molecule has 2 atom stereocenters. The van der Waals surface area contributed by atoms with Gasteiger partial charge in [-0.2, -0.15) is 5.10 Å². The fourth-order valence-corrected chi connectivity index (χ4v) is 3.71. The van der Waals surface area contributed by atoms with Crippen LogP contribution in [0.2, 0.25) is 0 Å². The molecule has 1 aromatic rings. The Morgan fingerprint density at radius 2 is 2.04 bits per heavy atom. The number of aryl methyl sites for hydroxylation is 1. The van der Waals surface area contributed by atoms with Crippen molar-refractivity contribution in [3.05, 3.63) is 12.7 Å². The van der Waals surface area contributed by atoms with Crippen molar-refractivity contribution in [2.24, 2.45) is 5.92 Å². The Kier molecular flexibility index (Phi) is 5.01. The molecule has 0 N–H and O–H groups in total.